The molecule has 3 aromatic rings. The zero-order valence-electron chi connectivity index (χ0n) is 21.4. The highest BCUT2D eigenvalue weighted by molar-refractivity contribution is 6.02. The fourth-order valence-electron chi connectivity index (χ4n) is 3.55. The molecule has 37 heavy (non-hydrogen) atoms. The van der Waals surface area contributed by atoms with Crippen molar-refractivity contribution in [3.8, 4) is 0 Å². The van der Waals surface area contributed by atoms with Gasteiger partial charge in [0.15, 0.2) is 17.7 Å². The lowest BCUT2D eigenvalue weighted by atomic mass is 9.96. The molecule has 0 aromatic heterocycles. The first-order valence-electron chi connectivity index (χ1n) is 11.9. The third-order valence-electron chi connectivity index (χ3n) is 5.66. The standard InChI is InChI=1S/C30H32O7/c1-29(2,34)26(31)23-14-10-20(11-15-23)18-36-25(22-8-6-5-7-9-22)28(33)37-19-21-12-16-24(17-13-21)27(32)30(3,4)35/h5-17,25,34-35H,18-19H2,1-4H3. The average Bonchev–Trinajstić information content (AvgIpc) is 2.87. The van der Waals surface area contributed by atoms with E-state index in [9.17, 15) is 24.6 Å². The van der Waals surface area contributed by atoms with Crippen LogP contribution in [-0.4, -0.2) is 39.0 Å². The van der Waals surface area contributed by atoms with E-state index in [-0.39, 0.29) is 19.0 Å². The summed E-state index contributed by atoms with van der Waals surface area (Å²) in [6.07, 6.45) is -0.977. The Morgan fingerprint density at radius 2 is 1.11 bits per heavy atom. The van der Waals surface area contributed by atoms with Crippen LogP contribution in [0.25, 0.3) is 0 Å². The van der Waals surface area contributed by atoms with Crippen LogP contribution in [0.4, 0.5) is 0 Å². The number of aliphatic hydroxyl groups is 2. The minimum atomic E-state index is -1.47. The van der Waals surface area contributed by atoms with E-state index in [1.807, 2.05) is 6.07 Å². The first kappa shape index (κ1) is 27.9. The van der Waals surface area contributed by atoms with Crippen molar-refractivity contribution in [2.24, 2.45) is 0 Å². The van der Waals surface area contributed by atoms with Crippen molar-refractivity contribution in [3.63, 3.8) is 0 Å². The summed E-state index contributed by atoms with van der Waals surface area (Å²) >= 11 is 0. The summed E-state index contributed by atoms with van der Waals surface area (Å²) < 4.78 is 11.5. The lowest BCUT2D eigenvalue weighted by Crippen LogP contribution is -2.31. The number of hydrogen-bond acceptors (Lipinski definition) is 7. The molecule has 2 N–H and O–H groups in total. The minimum absolute atomic E-state index is 0.0176. The molecule has 0 fully saturated rings. The predicted molar refractivity (Wildman–Crippen MR) is 138 cm³/mol. The predicted octanol–water partition coefficient (Wildman–Crippen LogP) is 4.60. The van der Waals surface area contributed by atoms with Crippen LogP contribution in [0.1, 0.15) is 71.2 Å². The van der Waals surface area contributed by atoms with Crippen LogP contribution in [0.5, 0.6) is 0 Å². The average molecular weight is 505 g/mol. The number of esters is 1. The maximum atomic E-state index is 13.0. The quantitative estimate of drug-likeness (QED) is 0.290. The van der Waals surface area contributed by atoms with Gasteiger partial charge in [-0.05, 0) is 44.4 Å². The Morgan fingerprint density at radius 3 is 1.54 bits per heavy atom. The maximum Gasteiger partial charge on any atom is 0.340 e. The van der Waals surface area contributed by atoms with E-state index < -0.39 is 29.1 Å². The van der Waals surface area contributed by atoms with Crippen LogP contribution in [0, 0.1) is 0 Å². The van der Waals surface area contributed by atoms with E-state index in [2.05, 4.69) is 0 Å². The minimum Gasteiger partial charge on any atom is -0.459 e. The van der Waals surface area contributed by atoms with Crippen molar-refractivity contribution in [3.05, 3.63) is 107 Å². The van der Waals surface area contributed by atoms with Crippen molar-refractivity contribution in [1.82, 2.24) is 0 Å². The molecule has 3 rings (SSSR count). The van der Waals surface area contributed by atoms with Crippen LogP contribution in [0.3, 0.4) is 0 Å². The smallest absolute Gasteiger partial charge is 0.340 e. The Labute approximate surface area is 216 Å². The second kappa shape index (κ2) is 11.6. The summed E-state index contributed by atoms with van der Waals surface area (Å²) in [6, 6.07) is 22.1. The van der Waals surface area contributed by atoms with Gasteiger partial charge in [-0.3, -0.25) is 9.59 Å². The number of carbonyl (C=O) groups is 3. The molecular weight excluding hydrogens is 472 g/mol. The molecule has 194 valence electrons. The molecule has 0 saturated heterocycles. The monoisotopic (exact) mass is 504 g/mol. The van der Waals surface area contributed by atoms with Crippen LogP contribution < -0.4 is 0 Å². The molecule has 0 amide bonds. The van der Waals surface area contributed by atoms with Crippen LogP contribution in [0.15, 0.2) is 78.9 Å². The summed E-state index contributed by atoms with van der Waals surface area (Å²) in [5.74, 6) is -1.36. The highest BCUT2D eigenvalue weighted by Crippen LogP contribution is 2.23. The number of benzene rings is 3. The Balaban J connectivity index is 1.66. The fraction of sp³-hybridized carbons (Fsp3) is 0.300. The zero-order chi connectivity index (χ0) is 27.2. The lowest BCUT2D eigenvalue weighted by molar-refractivity contribution is -0.160. The molecule has 0 aliphatic rings. The molecule has 7 nitrogen and oxygen atoms in total. The Kier molecular flexibility index (Phi) is 8.76. The van der Waals surface area contributed by atoms with Crippen molar-refractivity contribution in [2.45, 2.75) is 58.2 Å². The second-order valence-electron chi connectivity index (χ2n) is 9.88. The molecule has 0 saturated carbocycles. The number of hydrogen-bond donors (Lipinski definition) is 2. The molecule has 0 spiro atoms. The lowest BCUT2D eigenvalue weighted by Gasteiger charge is -2.18. The first-order valence-corrected chi connectivity index (χ1v) is 11.9. The largest absolute Gasteiger partial charge is 0.459 e. The second-order valence-corrected chi connectivity index (χ2v) is 9.88. The number of Topliss-reactive ketones (excluding diaryl/α,β-unsaturated/α-hetero) is 2. The summed E-state index contributed by atoms with van der Waals surface area (Å²) in [6.45, 7) is 5.81. The van der Waals surface area contributed by atoms with Gasteiger partial charge >= 0.3 is 5.97 Å². The van der Waals surface area contributed by atoms with E-state index in [4.69, 9.17) is 9.47 Å². The van der Waals surface area contributed by atoms with Gasteiger partial charge in [-0.1, -0.05) is 78.9 Å². The van der Waals surface area contributed by atoms with Gasteiger partial charge in [0, 0.05) is 11.1 Å². The van der Waals surface area contributed by atoms with Gasteiger partial charge in [0.05, 0.1) is 6.61 Å². The first-order chi connectivity index (χ1) is 17.4. The van der Waals surface area contributed by atoms with Gasteiger partial charge in [-0.25, -0.2) is 4.79 Å². The van der Waals surface area contributed by atoms with E-state index >= 15 is 0 Å². The molecule has 0 heterocycles. The summed E-state index contributed by atoms with van der Waals surface area (Å²) in [5, 5.41) is 19.8. The molecule has 1 unspecified atom stereocenters. The number of carbonyl (C=O) groups excluding carboxylic acids is 3. The third-order valence-corrected chi connectivity index (χ3v) is 5.66. The van der Waals surface area contributed by atoms with E-state index in [0.717, 1.165) is 5.56 Å². The molecular formula is C30H32O7. The summed E-state index contributed by atoms with van der Waals surface area (Å²) in [5.41, 5.74) is -0.140. The van der Waals surface area contributed by atoms with E-state index in [1.54, 1.807) is 72.8 Å². The van der Waals surface area contributed by atoms with Crippen molar-refractivity contribution < 1.29 is 34.1 Å². The summed E-state index contributed by atoms with van der Waals surface area (Å²) in [4.78, 5) is 37.4. The Bertz CT molecular complexity index is 1220. The van der Waals surface area contributed by atoms with Gasteiger partial charge < -0.3 is 19.7 Å². The van der Waals surface area contributed by atoms with Gasteiger partial charge in [-0.15, -0.1) is 0 Å². The molecule has 0 aliphatic carbocycles. The van der Waals surface area contributed by atoms with Crippen LogP contribution in [0.2, 0.25) is 0 Å². The fourth-order valence-corrected chi connectivity index (χ4v) is 3.55. The number of rotatable bonds is 11. The zero-order valence-corrected chi connectivity index (χ0v) is 21.4. The van der Waals surface area contributed by atoms with E-state index in [0.29, 0.717) is 22.3 Å². The molecule has 0 bridgehead atoms. The Morgan fingerprint density at radius 1 is 0.676 bits per heavy atom. The van der Waals surface area contributed by atoms with Crippen LogP contribution in [-0.2, 0) is 27.5 Å². The molecule has 3 aromatic carbocycles. The molecule has 0 aliphatic heterocycles. The van der Waals surface area contributed by atoms with Crippen LogP contribution >= 0.6 is 0 Å². The van der Waals surface area contributed by atoms with Crippen molar-refractivity contribution >= 4 is 17.5 Å². The van der Waals surface area contributed by atoms with E-state index in [1.165, 1.54) is 27.7 Å². The molecule has 0 radical (unpaired) electrons. The summed E-state index contributed by atoms with van der Waals surface area (Å²) in [7, 11) is 0. The number of ether oxygens (including phenoxy) is 2. The topological polar surface area (TPSA) is 110 Å². The van der Waals surface area contributed by atoms with Gasteiger partial charge in [-0.2, -0.15) is 0 Å². The highest BCUT2D eigenvalue weighted by atomic mass is 16.6. The molecule has 7 heteroatoms. The van der Waals surface area contributed by atoms with Crippen molar-refractivity contribution in [1.29, 1.82) is 0 Å². The maximum absolute atomic E-state index is 13.0. The van der Waals surface area contributed by atoms with Gasteiger partial charge in [0.25, 0.3) is 0 Å². The third kappa shape index (κ3) is 7.67. The van der Waals surface area contributed by atoms with Gasteiger partial charge in [0.2, 0.25) is 0 Å². The normalized spacial score (nSPS) is 12.6. The Hall–Kier alpha value is -3.65. The molecule has 1 atom stereocenters. The number of ketones is 2. The highest BCUT2D eigenvalue weighted by Gasteiger charge is 2.27. The van der Waals surface area contributed by atoms with Gasteiger partial charge in [0.1, 0.15) is 17.8 Å². The van der Waals surface area contributed by atoms with Crippen molar-refractivity contribution in [2.75, 3.05) is 0 Å². The SMILES string of the molecule is CC(C)(O)C(=O)c1ccc(COC(=O)C(OCc2ccc(C(=O)C(C)(C)O)cc2)c2ccccc2)cc1.